The molecule has 6 heteroatoms. The van der Waals surface area contributed by atoms with Crippen molar-refractivity contribution in [2.24, 2.45) is 5.73 Å². The van der Waals surface area contributed by atoms with Crippen LogP contribution in [-0.2, 0) is 6.42 Å². The summed E-state index contributed by atoms with van der Waals surface area (Å²) in [7, 11) is 1.88. The summed E-state index contributed by atoms with van der Waals surface area (Å²) in [6.07, 6.45) is 1.84. The maximum atomic E-state index is 12.2. The van der Waals surface area contributed by atoms with Crippen molar-refractivity contribution in [3.05, 3.63) is 16.1 Å². The molecule has 17 heavy (non-hydrogen) atoms. The van der Waals surface area contributed by atoms with Crippen LogP contribution in [0.3, 0.4) is 0 Å². The lowest BCUT2D eigenvalue weighted by atomic mass is 10.2. The quantitative estimate of drug-likeness (QED) is 0.894. The number of thioether (sulfide) groups is 1. The van der Waals surface area contributed by atoms with Gasteiger partial charge >= 0.3 is 0 Å². The predicted molar refractivity (Wildman–Crippen MR) is 72.7 cm³/mol. The fourth-order valence-electron chi connectivity index (χ4n) is 1.82. The standard InChI is InChI=1S/C11H17N3OS2/c1-14(8-3-5-16-6-8)11(15)9-7-17-10(13-9)2-4-12/h7-8H,2-6,12H2,1H3. The van der Waals surface area contributed by atoms with Crippen LogP contribution < -0.4 is 5.73 Å². The van der Waals surface area contributed by atoms with Crippen molar-refractivity contribution in [1.82, 2.24) is 9.88 Å². The molecule has 2 N–H and O–H groups in total. The van der Waals surface area contributed by atoms with E-state index in [1.807, 2.05) is 29.1 Å². The highest BCUT2D eigenvalue weighted by Gasteiger charge is 2.25. The first kappa shape index (κ1) is 12.9. The van der Waals surface area contributed by atoms with Crippen LogP contribution in [-0.4, -0.2) is 46.9 Å². The third-order valence-corrected chi connectivity index (χ3v) is 4.96. The largest absolute Gasteiger partial charge is 0.337 e. The third kappa shape index (κ3) is 3.00. The Morgan fingerprint density at radius 2 is 2.53 bits per heavy atom. The van der Waals surface area contributed by atoms with E-state index in [4.69, 9.17) is 5.73 Å². The van der Waals surface area contributed by atoms with Crippen LogP contribution in [0.1, 0.15) is 21.9 Å². The van der Waals surface area contributed by atoms with Gasteiger partial charge in [-0.1, -0.05) is 0 Å². The monoisotopic (exact) mass is 271 g/mol. The molecule has 0 bridgehead atoms. The van der Waals surface area contributed by atoms with Crippen molar-refractivity contribution >= 4 is 29.0 Å². The molecule has 1 aromatic rings. The highest BCUT2D eigenvalue weighted by Crippen LogP contribution is 2.23. The second-order valence-electron chi connectivity index (χ2n) is 4.10. The molecular formula is C11H17N3OS2. The number of carbonyl (C=O) groups excluding carboxylic acids is 1. The van der Waals surface area contributed by atoms with Crippen LogP contribution >= 0.6 is 23.1 Å². The van der Waals surface area contributed by atoms with Gasteiger partial charge in [-0.25, -0.2) is 4.98 Å². The van der Waals surface area contributed by atoms with E-state index < -0.39 is 0 Å². The molecule has 94 valence electrons. The SMILES string of the molecule is CN(C(=O)c1csc(CCN)n1)C1CCSC1. The van der Waals surface area contributed by atoms with Gasteiger partial charge in [0.25, 0.3) is 5.91 Å². The molecule has 1 atom stereocenters. The summed E-state index contributed by atoms with van der Waals surface area (Å²) in [4.78, 5) is 18.3. The summed E-state index contributed by atoms with van der Waals surface area (Å²) >= 11 is 3.43. The molecule has 4 nitrogen and oxygen atoms in total. The Morgan fingerprint density at radius 3 is 3.18 bits per heavy atom. The molecule has 1 aliphatic rings. The number of thiazole rings is 1. The lowest BCUT2D eigenvalue weighted by Gasteiger charge is -2.22. The molecule has 1 amide bonds. The maximum absolute atomic E-state index is 12.2. The summed E-state index contributed by atoms with van der Waals surface area (Å²) in [6, 6.07) is 0.368. The van der Waals surface area contributed by atoms with Gasteiger partial charge in [-0.05, 0) is 18.7 Å². The molecule has 0 saturated carbocycles. The topological polar surface area (TPSA) is 59.2 Å². The van der Waals surface area contributed by atoms with Crippen molar-refractivity contribution in [3.63, 3.8) is 0 Å². The van der Waals surface area contributed by atoms with Gasteiger partial charge < -0.3 is 10.6 Å². The normalized spacial score (nSPS) is 19.5. The number of hydrogen-bond donors (Lipinski definition) is 1. The summed E-state index contributed by atoms with van der Waals surface area (Å²) in [6.45, 7) is 0.580. The van der Waals surface area contributed by atoms with Crippen molar-refractivity contribution in [1.29, 1.82) is 0 Å². The van der Waals surface area contributed by atoms with Gasteiger partial charge in [0.1, 0.15) is 5.69 Å². The van der Waals surface area contributed by atoms with E-state index in [1.165, 1.54) is 11.3 Å². The zero-order chi connectivity index (χ0) is 12.3. The van der Waals surface area contributed by atoms with E-state index in [-0.39, 0.29) is 5.91 Å². The first-order valence-corrected chi connectivity index (χ1v) is 7.75. The number of nitrogens with zero attached hydrogens (tertiary/aromatic N) is 2. The number of amides is 1. The first-order chi connectivity index (χ1) is 8.22. The molecule has 1 aliphatic heterocycles. The number of carbonyl (C=O) groups is 1. The second kappa shape index (κ2) is 5.84. The van der Waals surface area contributed by atoms with Crippen LogP contribution in [0.5, 0.6) is 0 Å². The highest BCUT2D eigenvalue weighted by atomic mass is 32.2. The molecule has 0 aliphatic carbocycles. The van der Waals surface area contributed by atoms with Crippen molar-refractivity contribution in [2.75, 3.05) is 25.1 Å². The average molecular weight is 271 g/mol. The first-order valence-electron chi connectivity index (χ1n) is 5.71. The minimum Gasteiger partial charge on any atom is -0.337 e. The molecule has 0 radical (unpaired) electrons. The molecule has 1 unspecified atom stereocenters. The van der Waals surface area contributed by atoms with Gasteiger partial charge in [0.05, 0.1) is 5.01 Å². The lowest BCUT2D eigenvalue weighted by molar-refractivity contribution is 0.0742. The highest BCUT2D eigenvalue weighted by molar-refractivity contribution is 7.99. The zero-order valence-corrected chi connectivity index (χ0v) is 11.5. The molecule has 0 aromatic carbocycles. The van der Waals surface area contributed by atoms with Crippen LogP contribution in [0, 0.1) is 0 Å². The van der Waals surface area contributed by atoms with Gasteiger partial charge in [-0.15, -0.1) is 11.3 Å². The molecule has 2 rings (SSSR count). The van der Waals surface area contributed by atoms with Crippen LogP contribution in [0.4, 0.5) is 0 Å². The van der Waals surface area contributed by atoms with E-state index in [0.29, 0.717) is 18.3 Å². The van der Waals surface area contributed by atoms with Crippen molar-refractivity contribution in [2.45, 2.75) is 18.9 Å². The number of rotatable bonds is 4. The Bertz CT molecular complexity index is 388. The fourth-order valence-corrected chi connectivity index (χ4v) is 3.88. The Morgan fingerprint density at radius 1 is 1.71 bits per heavy atom. The minimum absolute atomic E-state index is 0.0389. The maximum Gasteiger partial charge on any atom is 0.273 e. The van der Waals surface area contributed by atoms with Crippen molar-refractivity contribution in [3.8, 4) is 0 Å². The molecule has 2 heterocycles. The number of nitrogens with two attached hydrogens (primary N) is 1. The van der Waals surface area contributed by atoms with E-state index in [1.54, 1.807) is 0 Å². The molecule has 1 saturated heterocycles. The lowest BCUT2D eigenvalue weighted by Crippen LogP contribution is -2.37. The molecule has 1 fully saturated rings. The van der Waals surface area contributed by atoms with Gasteiger partial charge in [-0.2, -0.15) is 11.8 Å². The second-order valence-corrected chi connectivity index (χ2v) is 6.19. The van der Waals surface area contributed by atoms with Gasteiger partial charge in [0, 0.05) is 30.6 Å². The van der Waals surface area contributed by atoms with Crippen molar-refractivity contribution < 1.29 is 4.79 Å². The number of aromatic nitrogens is 1. The summed E-state index contributed by atoms with van der Waals surface area (Å²) in [5.41, 5.74) is 6.04. The zero-order valence-electron chi connectivity index (χ0n) is 9.89. The van der Waals surface area contributed by atoms with Gasteiger partial charge in [0.2, 0.25) is 0 Å². The molecule has 0 spiro atoms. The summed E-state index contributed by atoms with van der Waals surface area (Å²) < 4.78 is 0. The van der Waals surface area contributed by atoms with Crippen LogP contribution in [0.2, 0.25) is 0 Å². The predicted octanol–water partition coefficient (Wildman–Crippen LogP) is 1.22. The molecular weight excluding hydrogens is 254 g/mol. The third-order valence-electron chi connectivity index (χ3n) is 2.90. The Labute approximate surface area is 110 Å². The van der Waals surface area contributed by atoms with Crippen LogP contribution in [0.25, 0.3) is 0 Å². The van der Waals surface area contributed by atoms with Gasteiger partial charge in [-0.3, -0.25) is 4.79 Å². The fraction of sp³-hybridized carbons (Fsp3) is 0.636. The van der Waals surface area contributed by atoms with Crippen LogP contribution in [0.15, 0.2) is 5.38 Å². The number of hydrogen-bond acceptors (Lipinski definition) is 5. The van der Waals surface area contributed by atoms with E-state index in [2.05, 4.69) is 4.98 Å². The van der Waals surface area contributed by atoms with E-state index in [9.17, 15) is 4.79 Å². The minimum atomic E-state index is 0.0389. The van der Waals surface area contributed by atoms with Gasteiger partial charge in [0.15, 0.2) is 0 Å². The van der Waals surface area contributed by atoms with E-state index >= 15 is 0 Å². The average Bonchev–Trinajstić information content (AvgIpc) is 2.98. The Balaban J connectivity index is 2.02. The summed E-state index contributed by atoms with van der Waals surface area (Å²) in [5, 5.41) is 2.79. The summed E-state index contributed by atoms with van der Waals surface area (Å²) in [5.74, 6) is 2.23. The smallest absolute Gasteiger partial charge is 0.273 e. The Kier molecular flexibility index (Phi) is 4.42. The Hall–Kier alpha value is -0.590. The van der Waals surface area contributed by atoms with E-state index in [0.717, 1.165) is 29.4 Å². The molecule has 1 aromatic heterocycles.